The summed E-state index contributed by atoms with van der Waals surface area (Å²) in [5.74, 6) is 0.0156. The van der Waals surface area contributed by atoms with E-state index in [0.29, 0.717) is 12.1 Å². The molecule has 0 unspecified atom stereocenters. The van der Waals surface area contributed by atoms with Crippen molar-refractivity contribution in [1.82, 2.24) is 14.3 Å². The molecule has 1 aromatic carbocycles. The number of hydrogen-bond acceptors (Lipinski definition) is 2. The minimum atomic E-state index is 0.0156. The molecule has 23 heavy (non-hydrogen) atoms. The average Bonchev–Trinajstić information content (AvgIpc) is 2.90. The maximum atomic E-state index is 12.7. The molecule has 0 saturated carbocycles. The van der Waals surface area contributed by atoms with Gasteiger partial charge in [-0.25, -0.2) is 4.98 Å². The van der Waals surface area contributed by atoms with Crippen LogP contribution in [0.3, 0.4) is 0 Å². The summed E-state index contributed by atoms with van der Waals surface area (Å²) in [7, 11) is 1.83. The lowest BCUT2D eigenvalue weighted by atomic mass is 10.2. The van der Waals surface area contributed by atoms with Crippen LogP contribution in [0.2, 0.25) is 0 Å². The molecule has 2 heterocycles. The van der Waals surface area contributed by atoms with E-state index in [1.807, 2.05) is 67.0 Å². The predicted octanol–water partition coefficient (Wildman–Crippen LogP) is 3.48. The summed E-state index contributed by atoms with van der Waals surface area (Å²) in [6, 6.07) is 13.8. The van der Waals surface area contributed by atoms with E-state index in [1.54, 1.807) is 4.90 Å². The number of fused-ring (bicyclic) bond motifs is 1. The van der Waals surface area contributed by atoms with Crippen LogP contribution in [0.25, 0.3) is 5.65 Å². The Morgan fingerprint density at radius 1 is 1.17 bits per heavy atom. The van der Waals surface area contributed by atoms with Crippen LogP contribution < -0.4 is 0 Å². The molecule has 0 saturated heterocycles. The molecule has 0 fully saturated rings. The maximum Gasteiger partial charge on any atom is 0.255 e. The standard InChI is InChI=1S/C19H21N3O/c1-4-17-14(2)22-13-16(10-11-18(22)20-17)19(23)21(3)12-15-8-6-5-7-9-15/h5-11,13H,4,12H2,1-3H3. The number of nitrogens with zero attached hydrogens (tertiary/aromatic N) is 3. The number of carbonyl (C=O) groups excluding carboxylic acids is 1. The quantitative estimate of drug-likeness (QED) is 0.740. The molecule has 0 radical (unpaired) electrons. The lowest BCUT2D eigenvalue weighted by Gasteiger charge is -2.17. The molecule has 0 aliphatic rings. The summed E-state index contributed by atoms with van der Waals surface area (Å²) >= 11 is 0. The Kier molecular flexibility index (Phi) is 4.15. The van der Waals surface area contributed by atoms with Crippen molar-refractivity contribution >= 4 is 11.6 Å². The van der Waals surface area contributed by atoms with Crippen molar-refractivity contribution in [2.75, 3.05) is 7.05 Å². The Hall–Kier alpha value is -2.62. The van der Waals surface area contributed by atoms with Gasteiger partial charge < -0.3 is 9.30 Å². The Morgan fingerprint density at radius 2 is 1.91 bits per heavy atom. The number of rotatable bonds is 4. The number of carbonyl (C=O) groups is 1. The lowest BCUT2D eigenvalue weighted by molar-refractivity contribution is 0.0784. The monoisotopic (exact) mass is 307 g/mol. The fourth-order valence-electron chi connectivity index (χ4n) is 2.82. The highest BCUT2D eigenvalue weighted by molar-refractivity contribution is 5.94. The topological polar surface area (TPSA) is 37.6 Å². The first-order chi connectivity index (χ1) is 11.1. The van der Waals surface area contributed by atoms with Crippen molar-refractivity contribution < 1.29 is 4.79 Å². The Morgan fingerprint density at radius 3 is 2.61 bits per heavy atom. The van der Waals surface area contributed by atoms with Gasteiger partial charge in [0, 0.05) is 25.5 Å². The van der Waals surface area contributed by atoms with Gasteiger partial charge in [0.15, 0.2) is 0 Å². The van der Waals surface area contributed by atoms with Crippen LogP contribution in [-0.4, -0.2) is 27.2 Å². The first kappa shape index (κ1) is 15.3. The first-order valence-electron chi connectivity index (χ1n) is 7.87. The molecule has 118 valence electrons. The van der Waals surface area contributed by atoms with Crippen molar-refractivity contribution in [3.05, 3.63) is 71.2 Å². The van der Waals surface area contributed by atoms with Crippen LogP contribution in [0.4, 0.5) is 0 Å². The second-order valence-corrected chi connectivity index (χ2v) is 5.79. The van der Waals surface area contributed by atoms with Gasteiger partial charge in [-0.15, -0.1) is 0 Å². The zero-order chi connectivity index (χ0) is 16.4. The lowest BCUT2D eigenvalue weighted by Crippen LogP contribution is -2.26. The van der Waals surface area contributed by atoms with Crippen LogP contribution in [0.5, 0.6) is 0 Å². The normalized spacial score (nSPS) is 10.9. The van der Waals surface area contributed by atoms with Gasteiger partial charge in [-0.1, -0.05) is 37.3 Å². The van der Waals surface area contributed by atoms with E-state index in [2.05, 4.69) is 11.9 Å². The van der Waals surface area contributed by atoms with Crippen molar-refractivity contribution in [1.29, 1.82) is 0 Å². The zero-order valence-corrected chi connectivity index (χ0v) is 13.8. The average molecular weight is 307 g/mol. The van der Waals surface area contributed by atoms with E-state index in [-0.39, 0.29) is 5.91 Å². The number of aryl methyl sites for hydroxylation is 2. The van der Waals surface area contributed by atoms with E-state index in [1.165, 1.54) is 0 Å². The zero-order valence-electron chi connectivity index (χ0n) is 13.8. The molecule has 2 aromatic heterocycles. The van der Waals surface area contributed by atoms with Crippen LogP contribution >= 0.6 is 0 Å². The molecular weight excluding hydrogens is 286 g/mol. The largest absolute Gasteiger partial charge is 0.337 e. The number of amides is 1. The molecule has 1 amide bonds. The summed E-state index contributed by atoms with van der Waals surface area (Å²) in [6.45, 7) is 4.73. The highest BCUT2D eigenvalue weighted by Crippen LogP contribution is 2.15. The molecule has 0 aliphatic heterocycles. The maximum absolute atomic E-state index is 12.7. The number of imidazole rings is 1. The van der Waals surface area contributed by atoms with Gasteiger partial charge in [0.1, 0.15) is 5.65 Å². The van der Waals surface area contributed by atoms with Gasteiger partial charge in [0.05, 0.1) is 11.3 Å². The van der Waals surface area contributed by atoms with Gasteiger partial charge in [-0.3, -0.25) is 4.79 Å². The van der Waals surface area contributed by atoms with Gasteiger partial charge in [0.2, 0.25) is 0 Å². The van der Waals surface area contributed by atoms with Crippen molar-refractivity contribution in [2.45, 2.75) is 26.8 Å². The Bertz CT molecular complexity index is 836. The molecule has 0 N–H and O–H groups in total. The number of hydrogen-bond donors (Lipinski definition) is 0. The van der Waals surface area contributed by atoms with Gasteiger partial charge in [-0.05, 0) is 31.0 Å². The number of benzene rings is 1. The minimum Gasteiger partial charge on any atom is -0.337 e. The van der Waals surface area contributed by atoms with Crippen LogP contribution in [-0.2, 0) is 13.0 Å². The minimum absolute atomic E-state index is 0.0156. The third-order valence-corrected chi connectivity index (χ3v) is 4.15. The van der Waals surface area contributed by atoms with Crippen molar-refractivity contribution in [2.24, 2.45) is 0 Å². The number of aromatic nitrogens is 2. The van der Waals surface area contributed by atoms with E-state index in [9.17, 15) is 4.79 Å². The summed E-state index contributed by atoms with van der Waals surface area (Å²) in [6.07, 6.45) is 2.78. The van der Waals surface area contributed by atoms with Crippen LogP contribution in [0.15, 0.2) is 48.7 Å². The summed E-state index contributed by atoms with van der Waals surface area (Å²) in [5.41, 5.74) is 4.87. The van der Waals surface area contributed by atoms with Crippen LogP contribution in [0, 0.1) is 6.92 Å². The SMILES string of the molecule is CCc1nc2ccc(C(=O)N(C)Cc3ccccc3)cn2c1C. The Balaban J connectivity index is 1.87. The molecule has 0 atom stereocenters. The number of pyridine rings is 1. The Labute approximate surface area is 136 Å². The third-order valence-electron chi connectivity index (χ3n) is 4.15. The van der Waals surface area contributed by atoms with E-state index in [0.717, 1.165) is 29.0 Å². The predicted molar refractivity (Wildman–Crippen MR) is 91.5 cm³/mol. The summed E-state index contributed by atoms with van der Waals surface area (Å²) in [5, 5.41) is 0. The van der Waals surface area contributed by atoms with E-state index < -0.39 is 0 Å². The summed E-state index contributed by atoms with van der Waals surface area (Å²) < 4.78 is 2.00. The van der Waals surface area contributed by atoms with Crippen molar-refractivity contribution in [3.8, 4) is 0 Å². The molecule has 3 aromatic rings. The second-order valence-electron chi connectivity index (χ2n) is 5.79. The first-order valence-corrected chi connectivity index (χ1v) is 7.87. The molecule has 0 aliphatic carbocycles. The fraction of sp³-hybridized carbons (Fsp3) is 0.263. The highest BCUT2D eigenvalue weighted by Gasteiger charge is 2.14. The smallest absolute Gasteiger partial charge is 0.255 e. The van der Waals surface area contributed by atoms with E-state index in [4.69, 9.17) is 0 Å². The molecule has 3 rings (SSSR count). The van der Waals surface area contributed by atoms with Gasteiger partial charge in [-0.2, -0.15) is 0 Å². The van der Waals surface area contributed by atoms with E-state index >= 15 is 0 Å². The van der Waals surface area contributed by atoms with Crippen molar-refractivity contribution in [3.63, 3.8) is 0 Å². The summed E-state index contributed by atoms with van der Waals surface area (Å²) in [4.78, 5) is 19.0. The fourth-order valence-corrected chi connectivity index (χ4v) is 2.82. The highest BCUT2D eigenvalue weighted by atomic mass is 16.2. The van der Waals surface area contributed by atoms with Gasteiger partial charge in [0.25, 0.3) is 5.91 Å². The molecule has 4 nitrogen and oxygen atoms in total. The molecule has 4 heteroatoms. The molecular formula is C19H21N3O. The van der Waals surface area contributed by atoms with Crippen LogP contribution in [0.1, 0.15) is 34.2 Å². The molecule has 0 spiro atoms. The van der Waals surface area contributed by atoms with Gasteiger partial charge >= 0.3 is 0 Å². The molecule has 0 bridgehead atoms. The third kappa shape index (κ3) is 2.97. The second kappa shape index (κ2) is 6.24.